The van der Waals surface area contributed by atoms with Gasteiger partial charge in [-0.3, -0.25) is 19.7 Å². The number of hydrogen-bond donors (Lipinski definition) is 2. The Morgan fingerprint density at radius 3 is 2.04 bits per heavy atom. The molecule has 2 N–H and O–H groups in total. The molecule has 0 saturated heterocycles. The molecule has 130 valence electrons. The first-order valence-corrected chi connectivity index (χ1v) is 8.36. The second-order valence-corrected chi connectivity index (χ2v) is 6.63. The summed E-state index contributed by atoms with van der Waals surface area (Å²) < 4.78 is 26.3. The zero-order valence-corrected chi connectivity index (χ0v) is 13.7. The highest BCUT2D eigenvalue weighted by atomic mass is 32.2. The molecule has 0 fully saturated rings. The predicted octanol–water partition coefficient (Wildman–Crippen LogP) is 1.67. The lowest BCUT2D eigenvalue weighted by Crippen LogP contribution is -2.30. The van der Waals surface area contributed by atoms with E-state index in [4.69, 9.17) is 0 Å². The molecule has 0 saturated carbocycles. The highest BCUT2D eigenvalue weighted by molar-refractivity contribution is 7.90. The minimum atomic E-state index is -4.13. The normalized spacial score (nSPS) is 10.8. The van der Waals surface area contributed by atoms with E-state index in [9.17, 15) is 28.1 Å². The van der Waals surface area contributed by atoms with Crippen molar-refractivity contribution in [1.82, 2.24) is 4.72 Å². The number of nitro benzene ring substituents is 1. The Morgan fingerprint density at radius 2 is 1.56 bits per heavy atom. The van der Waals surface area contributed by atoms with Crippen molar-refractivity contribution in [3.63, 3.8) is 0 Å². The van der Waals surface area contributed by atoms with Crippen LogP contribution in [0, 0.1) is 10.1 Å². The number of carbonyl (C=O) groups is 2. The van der Waals surface area contributed by atoms with E-state index in [0.29, 0.717) is 5.69 Å². The number of nitrogens with one attached hydrogen (secondary N) is 2. The Bertz CT molecular complexity index is 921. The number of sulfonamides is 1. The summed E-state index contributed by atoms with van der Waals surface area (Å²) in [6.45, 7) is 1.31. The summed E-state index contributed by atoms with van der Waals surface area (Å²) in [5, 5.41) is 13.1. The maximum atomic E-state index is 12.2. The topological polar surface area (TPSA) is 135 Å². The average molecular weight is 363 g/mol. The minimum Gasteiger partial charge on any atom is -0.326 e. The quantitative estimate of drug-likeness (QED) is 0.613. The molecule has 0 atom stereocenters. The third kappa shape index (κ3) is 4.61. The molecule has 0 bridgehead atoms. The fraction of sp³-hybridized carbons (Fsp3) is 0.0667. The lowest BCUT2D eigenvalue weighted by Gasteiger charge is -2.08. The van der Waals surface area contributed by atoms with Crippen LogP contribution in [0.3, 0.4) is 0 Å². The molecule has 25 heavy (non-hydrogen) atoms. The smallest absolute Gasteiger partial charge is 0.269 e. The molecule has 0 aliphatic heterocycles. The van der Waals surface area contributed by atoms with Gasteiger partial charge in [0.05, 0.1) is 9.82 Å². The number of rotatable bonds is 5. The lowest BCUT2D eigenvalue weighted by atomic mass is 10.2. The van der Waals surface area contributed by atoms with Crippen LogP contribution in [0.2, 0.25) is 0 Å². The van der Waals surface area contributed by atoms with Crippen molar-refractivity contribution in [3.8, 4) is 0 Å². The van der Waals surface area contributed by atoms with Crippen LogP contribution in [0.15, 0.2) is 53.4 Å². The molecular formula is C15H13N3O6S. The van der Waals surface area contributed by atoms with Crippen LogP contribution in [0.25, 0.3) is 0 Å². The maximum Gasteiger partial charge on any atom is 0.269 e. The summed E-state index contributed by atoms with van der Waals surface area (Å²) in [5.41, 5.74) is 0.158. The number of benzene rings is 2. The maximum absolute atomic E-state index is 12.2. The SMILES string of the molecule is CC(=O)Nc1ccc(S(=O)(=O)NC(=O)c2ccc([N+](=O)[O-])cc2)cc1. The van der Waals surface area contributed by atoms with Gasteiger partial charge in [-0.1, -0.05) is 0 Å². The van der Waals surface area contributed by atoms with Crippen molar-refractivity contribution >= 4 is 33.2 Å². The Hall–Kier alpha value is -3.27. The number of carbonyl (C=O) groups excluding carboxylic acids is 2. The highest BCUT2D eigenvalue weighted by Gasteiger charge is 2.19. The van der Waals surface area contributed by atoms with Gasteiger partial charge in [-0.25, -0.2) is 13.1 Å². The van der Waals surface area contributed by atoms with Crippen LogP contribution in [-0.4, -0.2) is 25.2 Å². The van der Waals surface area contributed by atoms with E-state index in [1.807, 2.05) is 4.72 Å². The first-order valence-electron chi connectivity index (χ1n) is 6.88. The van der Waals surface area contributed by atoms with Crippen LogP contribution in [0.1, 0.15) is 17.3 Å². The molecule has 10 heteroatoms. The van der Waals surface area contributed by atoms with Crippen molar-refractivity contribution in [2.24, 2.45) is 0 Å². The monoisotopic (exact) mass is 363 g/mol. The molecule has 0 aromatic heterocycles. The van der Waals surface area contributed by atoms with E-state index < -0.39 is 20.9 Å². The van der Waals surface area contributed by atoms with Crippen molar-refractivity contribution in [3.05, 3.63) is 64.2 Å². The summed E-state index contributed by atoms with van der Waals surface area (Å²) in [4.78, 5) is 32.7. The van der Waals surface area contributed by atoms with Gasteiger partial charge in [-0.2, -0.15) is 0 Å². The molecule has 0 aliphatic carbocycles. The standard InChI is InChI=1S/C15H13N3O6S/c1-10(19)16-12-4-8-14(9-5-12)25(23,24)17-15(20)11-2-6-13(7-3-11)18(21)22/h2-9H,1H3,(H,16,19)(H,17,20). The average Bonchev–Trinajstić information content (AvgIpc) is 2.54. The van der Waals surface area contributed by atoms with Gasteiger partial charge < -0.3 is 5.32 Å². The van der Waals surface area contributed by atoms with Crippen LogP contribution in [-0.2, 0) is 14.8 Å². The molecule has 0 radical (unpaired) electrons. The second-order valence-electron chi connectivity index (χ2n) is 4.94. The summed E-state index contributed by atoms with van der Waals surface area (Å²) in [6, 6.07) is 9.74. The molecule has 0 spiro atoms. The van der Waals surface area contributed by atoms with Gasteiger partial charge in [-0.05, 0) is 36.4 Å². The van der Waals surface area contributed by atoms with E-state index >= 15 is 0 Å². The zero-order chi connectivity index (χ0) is 18.6. The largest absolute Gasteiger partial charge is 0.326 e. The molecule has 2 aromatic rings. The van der Waals surface area contributed by atoms with Gasteiger partial charge in [0.25, 0.3) is 21.6 Å². The predicted molar refractivity (Wildman–Crippen MR) is 88.5 cm³/mol. The molecular weight excluding hydrogens is 350 g/mol. The van der Waals surface area contributed by atoms with Crippen LogP contribution < -0.4 is 10.0 Å². The van der Waals surface area contributed by atoms with E-state index in [0.717, 1.165) is 24.3 Å². The first kappa shape index (κ1) is 18.1. The molecule has 0 unspecified atom stereocenters. The van der Waals surface area contributed by atoms with Crippen molar-refractivity contribution in [2.45, 2.75) is 11.8 Å². The summed E-state index contributed by atoms with van der Waals surface area (Å²) in [6.07, 6.45) is 0. The number of amides is 2. The Labute approximate surface area is 142 Å². The Morgan fingerprint density at radius 1 is 1.00 bits per heavy atom. The molecule has 9 nitrogen and oxygen atoms in total. The van der Waals surface area contributed by atoms with E-state index in [1.165, 1.54) is 31.2 Å². The van der Waals surface area contributed by atoms with Crippen LogP contribution in [0.5, 0.6) is 0 Å². The van der Waals surface area contributed by atoms with E-state index in [2.05, 4.69) is 5.32 Å². The fourth-order valence-electron chi connectivity index (χ4n) is 1.90. The third-order valence-electron chi connectivity index (χ3n) is 3.05. The minimum absolute atomic E-state index is 0.0379. The van der Waals surface area contributed by atoms with Gasteiger partial charge in [0.2, 0.25) is 5.91 Å². The summed E-state index contributed by atoms with van der Waals surface area (Å²) in [7, 11) is -4.13. The van der Waals surface area contributed by atoms with E-state index in [-0.39, 0.29) is 22.1 Å². The van der Waals surface area contributed by atoms with Crippen molar-refractivity contribution in [1.29, 1.82) is 0 Å². The molecule has 2 rings (SSSR count). The van der Waals surface area contributed by atoms with E-state index in [1.54, 1.807) is 0 Å². The zero-order valence-electron chi connectivity index (χ0n) is 12.9. The Kier molecular flexibility index (Phi) is 5.13. The number of nitrogens with zero attached hydrogens (tertiary/aromatic N) is 1. The second kappa shape index (κ2) is 7.09. The van der Waals surface area contributed by atoms with Gasteiger partial charge in [0.15, 0.2) is 0 Å². The molecule has 0 heterocycles. The van der Waals surface area contributed by atoms with Gasteiger partial charge in [-0.15, -0.1) is 0 Å². The van der Waals surface area contributed by atoms with Crippen LogP contribution >= 0.6 is 0 Å². The molecule has 2 aromatic carbocycles. The molecule has 2 amide bonds. The number of anilines is 1. The number of nitro groups is 1. The highest BCUT2D eigenvalue weighted by Crippen LogP contribution is 2.16. The van der Waals surface area contributed by atoms with Crippen LogP contribution in [0.4, 0.5) is 11.4 Å². The molecule has 0 aliphatic rings. The summed E-state index contributed by atoms with van der Waals surface area (Å²) >= 11 is 0. The lowest BCUT2D eigenvalue weighted by molar-refractivity contribution is -0.384. The van der Waals surface area contributed by atoms with Gasteiger partial charge in [0.1, 0.15) is 0 Å². The number of non-ortho nitro benzene ring substituents is 1. The Balaban J connectivity index is 2.15. The van der Waals surface area contributed by atoms with Gasteiger partial charge >= 0.3 is 0 Å². The third-order valence-corrected chi connectivity index (χ3v) is 4.40. The first-order chi connectivity index (χ1) is 11.7. The summed E-state index contributed by atoms with van der Waals surface area (Å²) in [5.74, 6) is -1.22. The van der Waals surface area contributed by atoms with Gasteiger partial charge in [0, 0.05) is 30.3 Å². The fourth-order valence-corrected chi connectivity index (χ4v) is 2.87. The van der Waals surface area contributed by atoms with Crippen molar-refractivity contribution in [2.75, 3.05) is 5.32 Å². The number of hydrogen-bond acceptors (Lipinski definition) is 6. The van der Waals surface area contributed by atoms with Crippen molar-refractivity contribution < 1.29 is 22.9 Å².